The maximum Gasteiger partial charge on any atom is 0.289 e. The van der Waals surface area contributed by atoms with Crippen molar-refractivity contribution < 1.29 is 15.3 Å². The smallest absolute Gasteiger partial charge is 0.289 e. The zero-order valence-corrected chi connectivity index (χ0v) is 11.3. The van der Waals surface area contributed by atoms with Crippen LogP contribution < -0.4 is 5.73 Å². The van der Waals surface area contributed by atoms with Crippen molar-refractivity contribution in [1.29, 1.82) is 0 Å². The number of carbonyl (C=O) groups excluding carboxylic acids is 2. The first-order valence-corrected chi connectivity index (χ1v) is 6.93. The van der Waals surface area contributed by atoms with E-state index < -0.39 is 0 Å². The molecule has 0 radical (unpaired) electrons. The van der Waals surface area contributed by atoms with Crippen LogP contribution in [0.4, 0.5) is 4.79 Å². The monoisotopic (exact) mass is 285 g/mol. The van der Waals surface area contributed by atoms with Crippen LogP contribution in [0.2, 0.25) is 5.02 Å². The summed E-state index contributed by atoms with van der Waals surface area (Å²) in [4.78, 5) is 24.9. The molecule has 1 fully saturated rings. The first-order valence-electron chi connectivity index (χ1n) is 5.67. The second kappa shape index (κ2) is 5.73. The van der Waals surface area contributed by atoms with Crippen molar-refractivity contribution >= 4 is 34.5 Å². The number of hydrogen-bond acceptors (Lipinski definition) is 3. The Balaban J connectivity index is 2.05. The molecule has 2 amide bonds. The van der Waals surface area contributed by atoms with Gasteiger partial charge in [0.25, 0.3) is 5.24 Å². The van der Waals surface area contributed by atoms with Gasteiger partial charge in [0, 0.05) is 5.02 Å². The lowest BCUT2D eigenvalue weighted by molar-refractivity contribution is -0.367. The summed E-state index contributed by atoms with van der Waals surface area (Å²) < 4.78 is 0. The third kappa shape index (κ3) is 2.85. The van der Waals surface area contributed by atoms with Gasteiger partial charge in [0.2, 0.25) is 5.91 Å². The lowest BCUT2D eigenvalue weighted by Crippen LogP contribution is -2.55. The first kappa shape index (κ1) is 13.4. The molecule has 1 aliphatic heterocycles. The second-order valence-corrected chi connectivity index (χ2v) is 5.64. The summed E-state index contributed by atoms with van der Waals surface area (Å²) in [5.74, 6) is -0.108. The van der Waals surface area contributed by atoms with Crippen molar-refractivity contribution in [3.05, 3.63) is 34.9 Å². The molecule has 1 heterocycles. The van der Waals surface area contributed by atoms with Gasteiger partial charge in [-0.1, -0.05) is 35.5 Å². The highest BCUT2D eigenvalue weighted by molar-refractivity contribution is 8.15. The number of amides is 2. The molecule has 0 aliphatic carbocycles. The minimum Gasteiger partial charge on any atom is -0.356 e. The molecular formula is C12H14ClN2O2S+. The highest BCUT2D eigenvalue weighted by atomic mass is 35.5. The molecule has 6 heteroatoms. The molecule has 1 atom stereocenters. The van der Waals surface area contributed by atoms with Gasteiger partial charge in [-0.15, -0.1) is 0 Å². The third-order valence-electron chi connectivity index (χ3n) is 2.72. The van der Waals surface area contributed by atoms with Crippen molar-refractivity contribution in [2.75, 3.05) is 13.1 Å². The van der Waals surface area contributed by atoms with E-state index in [1.165, 1.54) is 4.90 Å². The summed E-state index contributed by atoms with van der Waals surface area (Å²) >= 11 is 6.90. The minimum atomic E-state index is -0.315. The predicted octanol–water partition coefficient (Wildman–Crippen LogP) is 1.19. The molecule has 4 nitrogen and oxygen atoms in total. The lowest BCUT2D eigenvalue weighted by atomic mass is 10.1. The van der Waals surface area contributed by atoms with E-state index in [0.29, 0.717) is 24.5 Å². The number of imide groups is 1. The van der Waals surface area contributed by atoms with Crippen LogP contribution in [0.5, 0.6) is 0 Å². The van der Waals surface area contributed by atoms with E-state index in [-0.39, 0.29) is 16.4 Å². The van der Waals surface area contributed by atoms with E-state index in [1.807, 2.05) is 12.1 Å². The Labute approximate surface area is 114 Å². The molecule has 0 bridgehead atoms. The molecule has 2 rings (SSSR count). The molecule has 1 aromatic rings. The molecule has 1 saturated heterocycles. The van der Waals surface area contributed by atoms with Crippen molar-refractivity contribution in [2.45, 2.75) is 11.7 Å². The van der Waals surface area contributed by atoms with Crippen LogP contribution in [0.25, 0.3) is 0 Å². The molecule has 3 N–H and O–H groups in total. The normalized spacial score (nSPS) is 19.7. The molecule has 1 aliphatic rings. The van der Waals surface area contributed by atoms with Gasteiger partial charge in [-0.2, -0.15) is 0 Å². The fraction of sp³-hybridized carbons (Fsp3) is 0.333. The molecule has 0 saturated carbocycles. The summed E-state index contributed by atoms with van der Waals surface area (Å²) in [6, 6.07) is 7.34. The Hall–Kier alpha value is -1.04. The number of quaternary nitrogens is 1. The largest absolute Gasteiger partial charge is 0.356 e. The van der Waals surface area contributed by atoms with Crippen molar-refractivity contribution in [2.24, 2.45) is 0 Å². The molecule has 96 valence electrons. The average molecular weight is 286 g/mol. The second-order valence-electron chi connectivity index (χ2n) is 4.05. The SMILES string of the molecule is [NH3+]CCN1C(=O)SC(Cc2ccc(Cl)cc2)C1=O. The van der Waals surface area contributed by atoms with E-state index in [1.54, 1.807) is 12.1 Å². The van der Waals surface area contributed by atoms with Gasteiger partial charge in [0.15, 0.2) is 0 Å². The number of hydrogen-bond donors (Lipinski definition) is 1. The molecule has 1 aromatic carbocycles. The molecule has 18 heavy (non-hydrogen) atoms. The van der Waals surface area contributed by atoms with Gasteiger partial charge in [-0.3, -0.25) is 14.5 Å². The number of carbonyl (C=O) groups is 2. The predicted molar refractivity (Wildman–Crippen MR) is 71.4 cm³/mol. The fourth-order valence-corrected chi connectivity index (χ4v) is 3.00. The molecule has 1 unspecified atom stereocenters. The number of nitrogens with zero attached hydrogens (tertiary/aromatic N) is 1. The standard InChI is InChI=1S/C12H13ClN2O2S/c13-9-3-1-8(2-4-9)7-10-11(16)15(6-5-14)12(17)18-10/h1-4,10H,5-7,14H2/p+1. The van der Waals surface area contributed by atoms with Gasteiger partial charge in [-0.05, 0) is 24.1 Å². The summed E-state index contributed by atoms with van der Waals surface area (Å²) in [5.41, 5.74) is 4.68. The van der Waals surface area contributed by atoms with Crippen LogP contribution in [-0.2, 0) is 11.2 Å². The van der Waals surface area contributed by atoms with Crippen LogP contribution >= 0.6 is 23.4 Å². The van der Waals surface area contributed by atoms with E-state index in [4.69, 9.17) is 11.6 Å². The van der Waals surface area contributed by atoms with Crippen LogP contribution in [0.1, 0.15) is 5.56 Å². The van der Waals surface area contributed by atoms with Gasteiger partial charge < -0.3 is 5.73 Å². The number of benzene rings is 1. The van der Waals surface area contributed by atoms with Crippen LogP contribution in [-0.4, -0.2) is 34.4 Å². The Kier molecular flexibility index (Phi) is 4.27. The Bertz CT molecular complexity index is 464. The maximum atomic E-state index is 12.0. The minimum absolute atomic E-state index is 0.108. The zero-order valence-electron chi connectivity index (χ0n) is 9.77. The number of thioether (sulfide) groups is 1. The van der Waals surface area contributed by atoms with Gasteiger partial charge >= 0.3 is 0 Å². The zero-order chi connectivity index (χ0) is 13.1. The van der Waals surface area contributed by atoms with Crippen LogP contribution in [0.15, 0.2) is 24.3 Å². The number of halogens is 1. The first-order chi connectivity index (χ1) is 8.61. The fourth-order valence-electron chi connectivity index (χ4n) is 1.82. The van der Waals surface area contributed by atoms with E-state index >= 15 is 0 Å². The van der Waals surface area contributed by atoms with Crippen LogP contribution in [0, 0.1) is 0 Å². The maximum absolute atomic E-state index is 12.0. The Morgan fingerprint density at radius 2 is 1.94 bits per heavy atom. The Morgan fingerprint density at radius 1 is 1.28 bits per heavy atom. The van der Waals surface area contributed by atoms with E-state index in [0.717, 1.165) is 17.3 Å². The molecule has 0 aromatic heterocycles. The van der Waals surface area contributed by atoms with Gasteiger partial charge in [0.1, 0.15) is 0 Å². The van der Waals surface area contributed by atoms with Gasteiger partial charge in [-0.25, -0.2) is 0 Å². The van der Waals surface area contributed by atoms with Crippen LogP contribution in [0.3, 0.4) is 0 Å². The van der Waals surface area contributed by atoms with Crippen molar-refractivity contribution in [1.82, 2.24) is 4.90 Å². The summed E-state index contributed by atoms with van der Waals surface area (Å²) in [6.45, 7) is 0.952. The highest BCUT2D eigenvalue weighted by Gasteiger charge is 2.39. The van der Waals surface area contributed by atoms with E-state index in [9.17, 15) is 9.59 Å². The quantitative estimate of drug-likeness (QED) is 0.904. The van der Waals surface area contributed by atoms with E-state index in [2.05, 4.69) is 5.73 Å². The summed E-state index contributed by atoms with van der Waals surface area (Å²) in [5, 5.41) is 0.187. The summed E-state index contributed by atoms with van der Waals surface area (Å²) in [7, 11) is 0. The lowest BCUT2D eigenvalue weighted by Gasteiger charge is -2.11. The average Bonchev–Trinajstić information content (AvgIpc) is 2.60. The Morgan fingerprint density at radius 3 is 2.56 bits per heavy atom. The highest BCUT2D eigenvalue weighted by Crippen LogP contribution is 2.29. The number of rotatable bonds is 4. The third-order valence-corrected chi connectivity index (χ3v) is 4.05. The molecule has 0 spiro atoms. The topological polar surface area (TPSA) is 65.0 Å². The van der Waals surface area contributed by atoms with Crippen molar-refractivity contribution in [3.8, 4) is 0 Å². The molecular weight excluding hydrogens is 272 g/mol. The van der Waals surface area contributed by atoms with Gasteiger partial charge in [0.05, 0.1) is 18.3 Å². The van der Waals surface area contributed by atoms with Crippen molar-refractivity contribution in [3.63, 3.8) is 0 Å². The summed E-state index contributed by atoms with van der Waals surface area (Å²) in [6.07, 6.45) is 0.556.